The minimum atomic E-state index is -0.851. The van der Waals surface area contributed by atoms with E-state index in [1.807, 2.05) is 37.3 Å². The molecule has 0 unspecified atom stereocenters. The van der Waals surface area contributed by atoms with E-state index in [1.54, 1.807) is 0 Å². The molecule has 1 aromatic rings. The third-order valence-corrected chi connectivity index (χ3v) is 2.19. The SMILES string of the molecule is C[C@H](NC(=O)[C@@H](N)CO)c1ccccc1. The van der Waals surface area contributed by atoms with Crippen molar-refractivity contribution < 1.29 is 9.90 Å². The molecule has 0 bridgehead atoms. The van der Waals surface area contributed by atoms with Crippen molar-refractivity contribution in [3.05, 3.63) is 35.9 Å². The molecule has 0 spiro atoms. The second-order valence-corrected chi connectivity index (χ2v) is 3.43. The van der Waals surface area contributed by atoms with Gasteiger partial charge in [-0.2, -0.15) is 0 Å². The zero-order chi connectivity index (χ0) is 11.3. The predicted octanol–water partition coefficient (Wildman–Crippen LogP) is 0.183. The Hall–Kier alpha value is -1.39. The van der Waals surface area contributed by atoms with Gasteiger partial charge in [0.05, 0.1) is 12.6 Å². The van der Waals surface area contributed by atoms with Crippen LogP contribution in [0.5, 0.6) is 0 Å². The molecule has 1 amide bonds. The van der Waals surface area contributed by atoms with Crippen molar-refractivity contribution in [2.75, 3.05) is 6.61 Å². The smallest absolute Gasteiger partial charge is 0.239 e. The molecule has 0 aromatic heterocycles. The van der Waals surface area contributed by atoms with Gasteiger partial charge in [-0.15, -0.1) is 0 Å². The van der Waals surface area contributed by atoms with Crippen LogP contribution in [0.2, 0.25) is 0 Å². The van der Waals surface area contributed by atoms with Crippen molar-refractivity contribution in [3.8, 4) is 0 Å². The number of benzene rings is 1. The van der Waals surface area contributed by atoms with E-state index in [4.69, 9.17) is 10.8 Å². The standard InChI is InChI=1S/C11H16N2O2/c1-8(9-5-3-2-4-6-9)13-11(15)10(12)7-14/h2-6,8,10,14H,7,12H2,1H3,(H,13,15)/t8-,10-/m0/s1. The van der Waals surface area contributed by atoms with Gasteiger partial charge in [-0.3, -0.25) is 4.79 Å². The molecule has 4 heteroatoms. The lowest BCUT2D eigenvalue weighted by molar-refractivity contribution is -0.123. The summed E-state index contributed by atoms with van der Waals surface area (Å²) in [6.07, 6.45) is 0. The number of hydrogen-bond donors (Lipinski definition) is 3. The largest absolute Gasteiger partial charge is 0.394 e. The van der Waals surface area contributed by atoms with E-state index < -0.39 is 6.04 Å². The first-order valence-corrected chi connectivity index (χ1v) is 4.87. The summed E-state index contributed by atoms with van der Waals surface area (Å²) in [4.78, 5) is 11.4. The summed E-state index contributed by atoms with van der Waals surface area (Å²) in [5.74, 6) is -0.339. The Kier molecular flexibility index (Phi) is 4.27. The van der Waals surface area contributed by atoms with Crippen molar-refractivity contribution in [2.45, 2.75) is 19.0 Å². The summed E-state index contributed by atoms with van der Waals surface area (Å²) in [7, 11) is 0. The first-order chi connectivity index (χ1) is 7.15. The van der Waals surface area contributed by atoms with Gasteiger partial charge in [0.2, 0.25) is 5.91 Å². The van der Waals surface area contributed by atoms with Crippen LogP contribution in [0.15, 0.2) is 30.3 Å². The van der Waals surface area contributed by atoms with E-state index in [0.29, 0.717) is 0 Å². The number of rotatable bonds is 4. The van der Waals surface area contributed by atoms with Crippen LogP contribution in [0.1, 0.15) is 18.5 Å². The Balaban J connectivity index is 2.56. The highest BCUT2D eigenvalue weighted by molar-refractivity contribution is 5.81. The molecule has 4 N–H and O–H groups in total. The van der Waals surface area contributed by atoms with E-state index in [2.05, 4.69) is 5.32 Å². The molecule has 0 aliphatic carbocycles. The zero-order valence-corrected chi connectivity index (χ0v) is 8.68. The Morgan fingerprint density at radius 2 is 2.07 bits per heavy atom. The Labute approximate surface area is 89.1 Å². The molecule has 1 aromatic carbocycles. The third kappa shape index (κ3) is 3.34. The number of amides is 1. The number of aliphatic hydroxyl groups excluding tert-OH is 1. The number of carbonyl (C=O) groups excluding carboxylic acids is 1. The monoisotopic (exact) mass is 208 g/mol. The van der Waals surface area contributed by atoms with Crippen LogP contribution < -0.4 is 11.1 Å². The normalized spacial score (nSPS) is 14.3. The van der Waals surface area contributed by atoms with Crippen LogP contribution in [-0.2, 0) is 4.79 Å². The maximum absolute atomic E-state index is 11.4. The molecule has 0 radical (unpaired) electrons. The van der Waals surface area contributed by atoms with E-state index >= 15 is 0 Å². The van der Waals surface area contributed by atoms with E-state index in [0.717, 1.165) is 5.56 Å². The van der Waals surface area contributed by atoms with Crippen LogP contribution in [0, 0.1) is 0 Å². The van der Waals surface area contributed by atoms with Crippen molar-refractivity contribution in [1.29, 1.82) is 0 Å². The van der Waals surface area contributed by atoms with Crippen LogP contribution in [-0.4, -0.2) is 23.7 Å². The van der Waals surface area contributed by atoms with Crippen molar-refractivity contribution in [1.82, 2.24) is 5.32 Å². The summed E-state index contributed by atoms with van der Waals surface area (Å²) >= 11 is 0. The fourth-order valence-electron chi connectivity index (χ4n) is 1.23. The average molecular weight is 208 g/mol. The molecule has 1 rings (SSSR count). The molecule has 0 saturated heterocycles. The van der Waals surface area contributed by atoms with E-state index in [-0.39, 0.29) is 18.6 Å². The summed E-state index contributed by atoms with van der Waals surface area (Å²) in [5, 5.41) is 11.4. The topological polar surface area (TPSA) is 75.4 Å². The first kappa shape index (κ1) is 11.7. The number of carbonyl (C=O) groups is 1. The molecule has 2 atom stereocenters. The van der Waals surface area contributed by atoms with Gasteiger partial charge in [-0.1, -0.05) is 30.3 Å². The number of nitrogens with one attached hydrogen (secondary N) is 1. The van der Waals surface area contributed by atoms with Gasteiger partial charge in [-0.05, 0) is 12.5 Å². The number of aliphatic hydroxyl groups is 1. The zero-order valence-electron chi connectivity index (χ0n) is 8.68. The van der Waals surface area contributed by atoms with Gasteiger partial charge in [0.25, 0.3) is 0 Å². The van der Waals surface area contributed by atoms with Crippen molar-refractivity contribution in [2.24, 2.45) is 5.73 Å². The maximum atomic E-state index is 11.4. The van der Waals surface area contributed by atoms with Gasteiger partial charge in [0, 0.05) is 0 Å². The molecule has 0 aliphatic heterocycles. The molecule has 0 aliphatic rings. The lowest BCUT2D eigenvalue weighted by atomic mass is 10.1. The lowest BCUT2D eigenvalue weighted by Crippen LogP contribution is -2.43. The van der Waals surface area contributed by atoms with Gasteiger partial charge in [0.15, 0.2) is 0 Å². The highest BCUT2D eigenvalue weighted by Gasteiger charge is 2.14. The summed E-state index contributed by atoms with van der Waals surface area (Å²) in [6, 6.07) is 8.63. The molecule has 0 saturated carbocycles. The Bertz CT molecular complexity index is 314. The predicted molar refractivity (Wildman–Crippen MR) is 58.1 cm³/mol. The highest BCUT2D eigenvalue weighted by atomic mass is 16.3. The highest BCUT2D eigenvalue weighted by Crippen LogP contribution is 2.10. The molecule has 0 heterocycles. The van der Waals surface area contributed by atoms with Gasteiger partial charge in [-0.25, -0.2) is 0 Å². The fourth-order valence-corrected chi connectivity index (χ4v) is 1.23. The molecular formula is C11H16N2O2. The third-order valence-electron chi connectivity index (χ3n) is 2.19. The molecule has 0 fully saturated rings. The fraction of sp³-hybridized carbons (Fsp3) is 0.364. The molecular weight excluding hydrogens is 192 g/mol. The molecule has 82 valence electrons. The average Bonchev–Trinajstić information content (AvgIpc) is 2.29. The maximum Gasteiger partial charge on any atom is 0.239 e. The molecule has 4 nitrogen and oxygen atoms in total. The van der Waals surface area contributed by atoms with E-state index in [9.17, 15) is 4.79 Å². The van der Waals surface area contributed by atoms with Gasteiger partial charge >= 0.3 is 0 Å². The van der Waals surface area contributed by atoms with E-state index in [1.165, 1.54) is 0 Å². The second-order valence-electron chi connectivity index (χ2n) is 3.43. The second kappa shape index (κ2) is 5.48. The van der Waals surface area contributed by atoms with Crippen molar-refractivity contribution in [3.63, 3.8) is 0 Å². The summed E-state index contributed by atoms with van der Waals surface area (Å²) in [5.41, 5.74) is 6.39. The minimum absolute atomic E-state index is 0.101. The first-order valence-electron chi connectivity index (χ1n) is 4.87. The van der Waals surface area contributed by atoms with Crippen LogP contribution in [0.25, 0.3) is 0 Å². The van der Waals surface area contributed by atoms with Crippen LogP contribution in [0.3, 0.4) is 0 Å². The minimum Gasteiger partial charge on any atom is -0.394 e. The number of hydrogen-bond acceptors (Lipinski definition) is 3. The summed E-state index contributed by atoms with van der Waals surface area (Å²) in [6.45, 7) is 1.53. The van der Waals surface area contributed by atoms with Crippen molar-refractivity contribution >= 4 is 5.91 Å². The quantitative estimate of drug-likeness (QED) is 0.661. The lowest BCUT2D eigenvalue weighted by Gasteiger charge is -2.16. The number of nitrogens with two attached hydrogens (primary N) is 1. The summed E-state index contributed by atoms with van der Waals surface area (Å²) < 4.78 is 0. The van der Waals surface area contributed by atoms with Gasteiger partial charge in [0.1, 0.15) is 6.04 Å². The van der Waals surface area contributed by atoms with Crippen LogP contribution in [0.4, 0.5) is 0 Å². The Morgan fingerprint density at radius 1 is 1.47 bits per heavy atom. The molecule has 15 heavy (non-hydrogen) atoms. The Morgan fingerprint density at radius 3 is 2.60 bits per heavy atom. The van der Waals surface area contributed by atoms with Gasteiger partial charge < -0.3 is 16.2 Å². The van der Waals surface area contributed by atoms with Crippen LogP contribution >= 0.6 is 0 Å².